The molecule has 0 spiro atoms. The maximum atomic E-state index is 2.49. The summed E-state index contributed by atoms with van der Waals surface area (Å²) >= 11 is 0. The lowest BCUT2D eigenvalue weighted by Crippen LogP contribution is -2.16. The smallest absolute Gasteiger partial charge is 0.0468 e. The molecule has 1 nitrogen and oxygen atoms in total. The predicted molar refractivity (Wildman–Crippen MR) is 275 cm³/mol. The van der Waals surface area contributed by atoms with Gasteiger partial charge in [-0.05, 0) is 164 Å². The summed E-state index contributed by atoms with van der Waals surface area (Å²) in [7, 11) is 0. The lowest BCUT2D eigenvalue weighted by Gasteiger charge is -2.28. The summed E-state index contributed by atoms with van der Waals surface area (Å²) < 4.78 is 0. The first-order valence-corrected chi connectivity index (χ1v) is 22.4. The van der Waals surface area contributed by atoms with Gasteiger partial charge in [0.2, 0.25) is 0 Å². The third-order valence-corrected chi connectivity index (χ3v) is 14.2. The maximum Gasteiger partial charge on any atom is 0.0468 e. The van der Waals surface area contributed by atoms with Crippen LogP contribution < -0.4 is 4.90 Å². The summed E-state index contributed by atoms with van der Waals surface area (Å²) in [6, 6.07) is 83.6. The summed E-state index contributed by atoms with van der Waals surface area (Å²) in [6.07, 6.45) is 0. The Kier molecular flexibility index (Phi) is 8.02. The number of anilines is 3. The van der Waals surface area contributed by atoms with Gasteiger partial charge < -0.3 is 4.90 Å². The van der Waals surface area contributed by atoms with Gasteiger partial charge in [-0.3, -0.25) is 0 Å². The number of benzene rings is 12. The van der Waals surface area contributed by atoms with Gasteiger partial charge in [-0.25, -0.2) is 0 Å². The fraction of sp³-hybridized carbons (Fsp3) is 0.0476. The van der Waals surface area contributed by atoms with E-state index in [1.165, 1.54) is 109 Å². The topological polar surface area (TPSA) is 3.24 Å². The molecule has 0 unspecified atom stereocenters. The fourth-order valence-electron chi connectivity index (χ4n) is 11.0. The van der Waals surface area contributed by atoms with Crippen molar-refractivity contribution in [2.24, 2.45) is 0 Å². The Morgan fingerprint density at radius 3 is 1.41 bits per heavy atom. The molecule has 0 amide bonds. The van der Waals surface area contributed by atoms with Crippen LogP contribution >= 0.6 is 0 Å². The molecule has 0 saturated heterocycles. The van der Waals surface area contributed by atoms with E-state index < -0.39 is 0 Å². The molecule has 12 aromatic carbocycles. The SMILES string of the molecule is CC1(C)c2cc(-c3cc4cc(-c5cccc6ccccc56)c5ccccc5c4c4ccccc34)ccc2-c2ccc(N(c3ccc4ccccc4c3)c3ccc4ccccc4c3)cc21. The van der Waals surface area contributed by atoms with Gasteiger partial charge in [0.1, 0.15) is 0 Å². The normalized spacial score (nSPS) is 13.0. The summed E-state index contributed by atoms with van der Waals surface area (Å²) in [6.45, 7) is 4.81. The van der Waals surface area contributed by atoms with E-state index in [4.69, 9.17) is 0 Å². The Morgan fingerprint density at radius 1 is 0.281 bits per heavy atom. The third kappa shape index (κ3) is 5.57. The first kappa shape index (κ1) is 36.6. The van der Waals surface area contributed by atoms with Crippen molar-refractivity contribution in [3.63, 3.8) is 0 Å². The molecule has 0 heterocycles. The van der Waals surface area contributed by atoms with E-state index in [1.807, 2.05) is 0 Å². The molecule has 12 aromatic rings. The largest absolute Gasteiger partial charge is 0.310 e. The van der Waals surface area contributed by atoms with Crippen LogP contribution in [0.2, 0.25) is 0 Å². The van der Waals surface area contributed by atoms with Crippen molar-refractivity contribution in [1.82, 2.24) is 0 Å². The van der Waals surface area contributed by atoms with Gasteiger partial charge in [-0.15, -0.1) is 0 Å². The minimum atomic E-state index is -0.237. The Labute approximate surface area is 373 Å². The van der Waals surface area contributed by atoms with Crippen molar-refractivity contribution in [3.8, 4) is 33.4 Å². The van der Waals surface area contributed by atoms with Gasteiger partial charge in [-0.1, -0.05) is 184 Å². The number of hydrogen-bond donors (Lipinski definition) is 0. The second kappa shape index (κ2) is 14.0. The molecule has 0 N–H and O–H groups in total. The first-order chi connectivity index (χ1) is 31.5. The third-order valence-electron chi connectivity index (χ3n) is 14.2. The van der Waals surface area contributed by atoms with Gasteiger partial charge >= 0.3 is 0 Å². The Hall–Kier alpha value is -8.00. The van der Waals surface area contributed by atoms with Crippen LogP contribution in [-0.2, 0) is 5.41 Å². The first-order valence-electron chi connectivity index (χ1n) is 22.4. The van der Waals surface area contributed by atoms with Crippen LogP contribution in [0.15, 0.2) is 224 Å². The van der Waals surface area contributed by atoms with Gasteiger partial charge in [0.25, 0.3) is 0 Å². The van der Waals surface area contributed by atoms with Crippen molar-refractivity contribution >= 4 is 81.7 Å². The average Bonchev–Trinajstić information content (AvgIpc) is 3.57. The summed E-state index contributed by atoms with van der Waals surface area (Å²) in [5, 5.41) is 15.2. The highest BCUT2D eigenvalue weighted by atomic mass is 15.1. The maximum absolute atomic E-state index is 2.49. The second-order valence-electron chi connectivity index (χ2n) is 18.1. The molecule has 0 saturated carbocycles. The van der Waals surface area contributed by atoms with Crippen molar-refractivity contribution < 1.29 is 0 Å². The van der Waals surface area contributed by atoms with Crippen molar-refractivity contribution in [3.05, 3.63) is 236 Å². The fourth-order valence-corrected chi connectivity index (χ4v) is 11.0. The summed E-state index contributed by atoms with van der Waals surface area (Å²) in [4.78, 5) is 2.43. The molecule has 0 aliphatic heterocycles. The molecule has 13 rings (SSSR count). The van der Waals surface area contributed by atoms with Crippen LogP contribution in [0, 0.1) is 0 Å². The highest BCUT2D eigenvalue weighted by Gasteiger charge is 2.36. The Morgan fingerprint density at radius 2 is 0.750 bits per heavy atom. The molecular formula is C63H43N. The number of nitrogens with zero attached hydrogens (tertiary/aromatic N) is 1. The zero-order valence-corrected chi connectivity index (χ0v) is 35.8. The van der Waals surface area contributed by atoms with Crippen LogP contribution in [0.4, 0.5) is 17.1 Å². The number of rotatable bonds is 5. The Balaban J connectivity index is 0.968. The van der Waals surface area contributed by atoms with Crippen LogP contribution in [0.1, 0.15) is 25.0 Å². The van der Waals surface area contributed by atoms with Crippen LogP contribution in [-0.4, -0.2) is 0 Å². The van der Waals surface area contributed by atoms with E-state index in [-0.39, 0.29) is 5.41 Å². The van der Waals surface area contributed by atoms with Crippen LogP contribution in [0.5, 0.6) is 0 Å². The molecule has 1 heteroatoms. The molecule has 300 valence electrons. The van der Waals surface area contributed by atoms with Crippen molar-refractivity contribution in [1.29, 1.82) is 0 Å². The zero-order valence-electron chi connectivity index (χ0n) is 35.8. The Bertz CT molecular complexity index is 3800. The van der Waals surface area contributed by atoms with Gasteiger partial charge in [-0.2, -0.15) is 0 Å². The van der Waals surface area contributed by atoms with E-state index in [0.29, 0.717) is 0 Å². The lowest BCUT2D eigenvalue weighted by molar-refractivity contribution is 0.660. The molecule has 0 radical (unpaired) electrons. The quantitative estimate of drug-likeness (QED) is 0.157. The van der Waals surface area contributed by atoms with Gasteiger partial charge in [0.15, 0.2) is 0 Å². The number of fused-ring (bicyclic) bond motifs is 11. The summed E-state index contributed by atoms with van der Waals surface area (Å²) in [5.74, 6) is 0. The minimum absolute atomic E-state index is 0.237. The molecule has 0 atom stereocenters. The molecule has 0 fully saturated rings. The molecule has 0 aromatic heterocycles. The monoisotopic (exact) mass is 813 g/mol. The second-order valence-corrected chi connectivity index (χ2v) is 18.1. The van der Waals surface area contributed by atoms with Crippen LogP contribution in [0.3, 0.4) is 0 Å². The van der Waals surface area contributed by atoms with Crippen molar-refractivity contribution in [2.75, 3.05) is 4.90 Å². The average molecular weight is 814 g/mol. The zero-order chi connectivity index (χ0) is 42.5. The van der Waals surface area contributed by atoms with Crippen molar-refractivity contribution in [2.45, 2.75) is 19.3 Å². The van der Waals surface area contributed by atoms with E-state index in [9.17, 15) is 0 Å². The predicted octanol–water partition coefficient (Wildman–Crippen LogP) is 17.7. The van der Waals surface area contributed by atoms with E-state index in [1.54, 1.807) is 0 Å². The van der Waals surface area contributed by atoms with Gasteiger partial charge in [0.05, 0.1) is 0 Å². The van der Waals surface area contributed by atoms with Gasteiger partial charge in [0, 0.05) is 22.5 Å². The molecule has 1 aliphatic rings. The number of hydrogen-bond acceptors (Lipinski definition) is 1. The van der Waals surface area contributed by atoms with E-state index in [0.717, 1.165) is 17.1 Å². The molecule has 0 bridgehead atoms. The highest BCUT2D eigenvalue weighted by Crippen LogP contribution is 2.53. The summed E-state index contributed by atoms with van der Waals surface area (Å²) in [5.41, 5.74) is 13.6. The molecular weight excluding hydrogens is 771 g/mol. The standard InChI is InChI=1S/C63H43N/c1-63(2)60-38-45(58-36-46-37-59(51-25-13-19-42-16-7-8-20-50(42)51)53-22-10-12-24-57(53)62(46)56-23-11-9-21-52(56)58)28-32-54(60)55-33-31-49(39-61(55)63)64(47-29-26-40-14-3-5-17-43(40)34-47)48-30-27-41-15-4-6-18-44(41)35-48/h3-39H,1-2H3. The van der Waals surface area contributed by atoms with E-state index >= 15 is 0 Å². The highest BCUT2D eigenvalue weighted by molar-refractivity contribution is 6.26. The van der Waals surface area contributed by atoms with E-state index in [2.05, 4.69) is 243 Å². The molecule has 1 aliphatic carbocycles. The van der Waals surface area contributed by atoms with Crippen LogP contribution in [0.25, 0.3) is 98.0 Å². The lowest BCUT2D eigenvalue weighted by atomic mass is 9.81. The molecule has 64 heavy (non-hydrogen) atoms. The minimum Gasteiger partial charge on any atom is -0.310 e.